The maximum atomic E-state index is 11.4. The molecule has 1 aliphatic rings. The molecule has 5 nitrogen and oxygen atoms in total. The van der Waals surface area contributed by atoms with Crippen LogP contribution in [0.15, 0.2) is 24.3 Å². The molecular weight excluding hydrogens is 246 g/mol. The van der Waals surface area contributed by atoms with Gasteiger partial charge in [-0.1, -0.05) is 18.2 Å². The van der Waals surface area contributed by atoms with Gasteiger partial charge in [0.05, 0.1) is 13.2 Å². The van der Waals surface area contributed by atoms with Gasteiger partial charge in [0.1, 0.15) is 12.4 Å². The highest BCUT2D eigenvalue weighted by Crippen LogP contribution is 2.26. The fraction of sp³-hybridized carbons (Fsp3) is 0.500. The molecule has 0 saturated heterocycles. The zero-order chi connectivity index (χ0) is 13.5. The molecule has 0 radical (unpaired) electrons. The Bertz CT molecular complexity index is 422. The standard InChI is InChI=1S/C14H19NO4/c1-17-6-7-18-14(16)15-9-11-8-12-4-2-3-5-13(12)19-10-11/h2-5,11H,6-10H2,1H3,(H,15,16)/t11-/m0/s1. The number of methoxy groups -OCH3 is 1. The van der Waals surface area contributed by atoms with Gasteiger partial charge in [0, 0.05) is 19.6 Å². The van der Waals surface area contributed by atoms with Crippen LogP contribution in [-0.2, 0) is 15.9 Å². The van der Waals surface area contributed by atoms with E-state index in [1.54, 1.807) is 7.11 Å². The van der Waals surface area contributed by atoms with E-state index in [0.29, 0.717) is 19.8 Å². The Morgan fingerprint density at radius 3 is 3.11 bits per heavy atom. The second kappa shape index (κ2) is 6.99. The van der Waals surface area contributed by atoms with Crippen LogP contribution in [-0.4, -0.2) is 39.6 Å². The molecule has 0 fully saturated rings. The molecule has 1 amide bonds. The number of amides is 1. The normalized spacial score (nSPS) is 17.2. The van der Waals surface area contributed by atoms with Crippen LogP contribution in [0.1, 0.15) is 5.56 Å². The largest absolute Gasteiger partial charge is 0.493 e. The summed E-state index contributed by atoms with van der Waals surface area (Å²) in [6.07, 6.45) is 0.505. The Kier molecular flexibility index (Phi) is 5.03. The lowest BCUT2D eigenvalue weighted by atomic mass is 9.97. The zero-order valence-corrected chi connectivity index (χ0v) is 11.1. The minimum Gasteiger partial charge on any atom is -0.493 e. The lowest BCUT2D eigenvalue weighted by Crippen LogP contribution is -2.35. The molecule has 1 aliphatic heterocycles. The summed E-state index contributed by atoms with van der Waals surface area (Å²) in [7, 11) is 1.57. The van der Waals surface area contributed by atoms with Gasteiger partial charge in [-0.05, 0) is 18.1 Å². The number of ether oxygens (including phenoxy) is 3. The molecule has 0 unspecified atom stereocenters. The number of rotatable bonds is 5. The minimum atomic E-state index is -0.407. The maximum absolute atomic E-state index is 11.4. The van der Waals surface area contributed by atoms with Crippen molar-refractivity contribution in [2.75, 3.05) is 33.5 Å². The van der Waals surface area contributed by atoms with Gasteiger partial charge in [-0.15, -0.1) is 0 Å². The molecule has 1 atom stereocenters. The van der Waals surface area contributed by atoms with Crippen molar-refractivity contribution in [1.29, 1.82) is 0 Å². The number of carbonyl (C=O) groups is 1. The highest BCUT2D eigenvalue weighted by molar-refractivity contribution is 5.67. The molecule has 0 aromatic heterocycles. The first-order valence-corrected chi connectivity index (χ1v) is 6.40. The average molecular weight is 265 g/mol. The molecular formula is C14H19NO4. The van der Waals surface area contributed by atoms with Crippen molar-refractivity contribution in [3.8, 4) is 5.75 Å². The van der Waals surface area contributed by atoms with Crippen molar-refractivity contribution in [3.05, 3.63) is 29.8 Å². The highest BCUT2D eigenvalue weighted by atomic mass is 16.6. The van der Waals surface area contributed by atoms with Gasteiger partial charge in [-0.25, -0.2) is 4.79 Å². The van der Waals surface area contributed by atoms with E-state index in [0.717, 1.165) is 12.2 Å². The molecule has 1 aromatic rings. The third kappa shape index (κ3) is 4.13. The first-order chi connectivity index (χ1) is 9.29. The summed E-state index contributed by atoms with van der Waals surface area (Å²) in [4.78, 5) is 11.4. The van der Waals surface area contributed by atoms with Crippen LogP contribution in [0.4, 0.5) is 4.79 Å². The monoisotopic (exact) mass is 265 g/mol. The number of fused-ring (bicyclic) bond motifs is 1. The number of benzene rings is 1. The Morgan fingerprint density at radius 1 is 1.42 bits per heavy atom. The molecule has 0 spiro atoms. The van der Waals surface area contributed by atoms with Gasteiger partial charge in [-0.3, -0.25) is 0 Å². The lowest BCUT2D eigenvalue weighted by molar-refractivity contribution is 0.0967. The maximum Gasteiger partial charge on any atom is 0.407 e. The van der Waals surface area contributed by atoms with E-state index in [9.17, 15) is 4.79 Å². The molecule has 0 bridgehead atoms. The number of carbonyl (C=O) groups excluding carboxylic acids is 1. The van der Waals surface area contributed by atoms with Crippen LogP contribution in [0.5, 0.6) is 5.75 Å². The fourth-order valence-corrected chi connectivity index (χ4v) is 2.02. The van der Waals surface area contributed by atoms with E-state index in [1.807, 2.05) is 18.2 Å². The molecule has 1 N–H and O–H groups in total. The molecule has 0 aliphatic carbocycles. The van der Waals surface area contributed by atoms with Gasteiger partial charge in [0.15, 0.2) is 0 Å². The van der Waals surface area contributed by atoms with Crippen LogP contribution in [0, 0.1) is 5.92 Å². The Balaban J connectivity index is 1.72. The van der Waals surface area contributed by atoms with Crippen LogP contribution in [0.2, 0.25) is 0 Å². The summed E-state index contributed by atoms with van der Waals surface area (Å²) in [5, 5.41) is 2.75. The quantitative estimate of drug-likeness (QED) is 0.822. The number of alkyl carbamates (subject to hydrolysis) is 1. The van der Waals surface area contributed by atoms with Gasteiger partial charge < -0.3 is 19.5 Å². The van der Waals surface area contributed by atoms with Crippen LogP contribution in [0.25, 0.3) is 0 Å². The summed E-state index contributed by atoms with van der Waals surface area (Å²) in [6.45, 7) is 1.86. The fourth-order valence-electron chi connectivity index (χ4n) is 2.02. The van der Waals surface area contributed by atoms with Crippen molar-refractivity contribution >= 4 is 6.09 Å². The van der Waals surface area contributed by atoms with Crippen molar-refractivity contribution in [1.82, 2.24) is 5.32 Å². The van der Waals surface area contributed by atoms with Crippen molar-refractivity contribution < 1.29 is 19.0 Å². The Morgan fingerprint density at radius 2 is 2.26 bits per heavy atom. The topological polar surface area (TPSA) is 56.8 Å². The zero-order valence-electron chi connectivity index (χ0n) is 11.1. The predicted octanol–water partition coefficient (Wildman–Crippen LogP) is 1.61. The highest BCUT2D eigenvalue weighted by Gasteiger charge is 2.20. The smallest absolute Gasteiger partial charge is 0.407 e. The Labute approximate surface area is 112 Å². The first-order valence-electron chi connectivity index (χ1n) is 6.40. The van der Waals surface area contributed by atoms with Gasteiger partial charge >= 0.3 is 6.09 Å². The number of para-hydroxylation sites is 1. The van der Waals surface area contributed by atoms with E-state index in [2.05, 4.69) is 11.4 Å². The number of hydrogen-bond donors (Lipinski definition) is 1. The van der Waals surface area contributed by atoms with Gasteiger partial charge in [0.25, 0.3) is 0 Å². The second-order valence-electron chi connectivity index (χ2n) is 4.50. The van der Waals surface area contributed by atoms with Gasteiger partial charge in [0.2, 0.25) is 0 Å². The third-order valence-corrected chi connectivity index (χ3v) is 3.01. The van der Waals surface area contributed by atoms with Gasteiger partial charge in [-0.2, -0.15) is 0 Å². The number of nitrogens with one attached hydrogen (secondary N) is 1. The van der Waals surface area contributed by atoms with E-state index in [4.69, 9.17) is 14.2 Å². The molecule has 2 rings (SSSR count). The van der Waals surface area contributed by atoms with E-state index in [1.165, 1.54) is 5.56 Å². The van der Waals surface area contributed by atoms with Crippen molar-refractivity contribution in [2.24, 2.45) is 5.92 Å². The minimum absolute atomic E-state index is 0.270. The summed E-state index contributed by atoms with van der Waals surface area (Å²) < 4.78 is 15.4. The molecule has 19 heavy (non-hydrogen) atoms. The molecule has 0 saturated carbocycles. The van der Waals surface area contributed by atoms with E-state index in [-0.39, 0.29) is 12.5 Å². The first kappa shape index (κ1) is 13.7. The lowest BCUT2D eigenvalue weighted by Gasteiger charge is -2.25. The Hall–Kier alpha value is -1.75. The van der Waals surface area contributed by atoms with Crippen molar-refractivity contribution in [3.63, 3.8) is 0 Å². The van der Waals surface area contributed by atoms with Crippen LogP contribution >= 0.6 is 0 Å². The molecule has 104 valence electrons. The second-order valence-corrected chi connectivity index (χ2v) is 4.50. The molecule has 1 aromatic carbocycles. The van der Waals surface area contributed by atoms with E-state index >= 15 is 0 Å². The summed E-state index contributed by atoms with van der Waals surface area (Å²) in [5.74, 6) is 1.23. The SMILES string of the molecule is COCCOC(=O)NC[C@H]1COc2ccccc2C1. The molecule has 1 heterocycles. The summed E-state index contributed by atoms with van der Waals surface area (Å²) in [6, 6.07) is 7.98. The third-order valence-electron chi connectivity index (χ3n) is 3.01. The van der Waals surface area contributed by atoms with E-state index < -0.39 is 6.09 Å². The summed E-state index contributed by atoms with van der Waals surface area (Å²) in [5.41, 5.74) is 1.19. The van der Waals surface area contributed by atoms with Crippen LogP contribution < -0.4 is 10.1 Å². The predicted molar refractivity (Wildman–Crippen MR) is 70.4 cm³/mol. The van der Waals surface area contributed by atoms with Crippen LogP contribution in [0.3, 0.4) is 0 Å². The summed E-state index contributed by atoms with van der Waals surface area (Å²) >= 11 is 0. The van der Waals surface area contributed by atoms with Crippen molar-refractivity contribution in [2.45, 2.75) is 6.42 Å². The molecule has 5 heteroatoms. The number of hydrogen-bond acceptors (Lipinski definition) is 4. The average Bonchev–Trinajstić information content (AvgIpc) is 2.45.